The molecule has 0 aliphatic carbocycles. The molecular weight excluding hydrogens is 329 g/mol. The Morgan fingerprint density at radius 1 is 0.944 bits per heavy atom. The van der Waals surface area contributed by atoms with Crippen molar-refractivity contribution < 1.29 is 0 Å². The molecule has 0 fully saturated rings. The van der Waals surface area contributed by atoms with Gasteiger partial charge in [0.25, 0.3) is 0 Å². The molecule has 0 aliphatic rings. The Balaban J connectivity index is 2.84. The van der Waals surface area contributed by atoms with Crippen molar-refractivity contribution in [2.24, 2.45) is 0 Å². The van der Waals surface area contributed by atoms with Crippen LogP contribution < -0.4 is 3.71 Å². The monoisotopic (exact) mass is 359 g/mol. The fourth-order valence-electron chi connectivity index (χ4n) is 2.76. The van der Waals surface area contributed by atoms with Crippen LogP contribution >= 0.6 is 0 Å². The average Bonchev–Trinajstić information content (AvgIpc) is 2.93. The van der Waals surface area contributed by atoms with Crippen LogP contribution in [0.1, 0.15) is 59.3 Å². The molecule has 1 rings (SSSR count). The summed E-state index contributed by atoms with van der Waals surface area (Å²) in [4.78, 5) is 0. The summed E-state index contributed by atoms with van der Waals surface area (Å²) < 4.78 is 5.81. The summed E-state index contributed by atoms with van der Waals surface area (Å²) >= 11 is -2.24. The van der Waals surface area contributed by atoms with Gasteiger partial charge in [-0.15, -0.1) is 0 Å². The predicted molar refractivity (Wildman–Crippen MR) is 80.9 cm³/mol. The molecule has 0 aliphatic heterocycles. The van der Waals surface area contributed by atoms with Gasteiger partial charge in [0.15, 0.2) is 0 Å². The van der Waals surface area contributed by atoms with Gasteiger partial charge < -0.3 is 0 Å². The number of aromatic nitrogens is 3. The van der Waals surface area contributed by atoms with E-state index in [-0.39, 0.29) is 0 Å². The van der Waals surface area contributed by atoms with E-state index in [9.17, 15) is 0 Å². The topological polar surface area (TPSA) is 41.6 Å². The van der Waals surface area contributed by atoms with E-state index in [2.05, 4.69) is 36.2 Å². The minimum atomic E-state index is -2.24. The van der Waals surface area contributed by atoms with Crippen LogP contribution in [0.2, 0.25) is 13.3 Å². The Hall–Kier alpha value is -0.0613. The number of unbranched alkanes of at least 4 members (excludes halogenated alkanes) is 3. The van der Waals surface area contributed by atoms with Gasteiger partial charge >= 0.3 is 116 Å². The first-order valence-electron chi connectivity index (χ1n) is 7.65. The number of nitrogens with one attached hydrogen (secondary N) is 1. The summed E-state index contributed by atoms with van der Waals surface area (Å²) in [5.74, 6) is 0. The van der Waals surface area contributed by atoms with Gasteiger partial charge in [0.1, 0.15) is 0 Å². The third kappa shape index (κ3) is 4.56. The summed E-state index contributed by atoms with van der Waals surface area (Å²) in [6.07, 6.45) is 10.1. The molecule has 1 N–H and O–H groups in total. The molecule has 0 unspecified atom stereocenters. The first-order valence-corrected chi connectivity index (χ1v) is 15.1. The van der Waals surface area contributed by atoms with E-state index in [4.69, 9.17) is 0 Å². The molecule has 3 nitrogen and oxygen atoms in total. The van der Waals surface area contributed by atoms with Crippen molar-refractivity contribution in [1.29, 1.82) is 0 Å². The van der Waals surface area contributed by atoms with Crippen LogP contribution in [0.3, 0.4) is 0 Å². The molecule has 0 bridgehead atoms. The number of rotatable bonds is 10. The Morgan fingerprint density at radius 3 is 1.78 bits per heavy atom. The van der Waals surface area contributed by atoms with Gasteiger partial charge in [-0.25, -0.2) is 0 Å². The van der Waals surface area contributed by atoms with E-state index in [1.54, 1.807) is 0 Å². The van der Waals surface area contributed by atoms with Gasteiger partial charge in [-0.1, -0.05) is 0 Å². The van der Waals surface area contributed by atoms with E-state index < -0.39 is 18.4 Å². The molecule has 0 atom stereocenters. The van der Waals surface area contributed by atoms with Crippen molar-refractivity contribution in [3.63, 3.8) is 0 Å². The molecule has 0 saturated heterocycles. The maximum absolute atomic E-state index is 4.50. The zero-order chi connectivity index (χ0) is 13.3. The number of nitrogens with zero attached hydrogens (tertiary/aromatic N) is 2. The van der Waals surface area contributed by atoms with Crippen LogP contribution in [0, 0.1) is 0 Å². The standard InChI is InChI=1S/3C4H9.C2H2N3.Sn/c3*1-3-4-2;1-2-4-5-3-1;/h3*1,3-4H2,2H3;1H,(H,3,4,5);. The Morgan fingerprint density at radius 2 is 1.44 bits per heavy atom. The van der Waals surface area contributed by atoms with Gasteiger partial charge in [-0.3, -0.25) is 0 Å². The maximum atomic E-state index is 4.50. The van der Waals surface area contributed by atoms with E-state index in [0.717, 1.165) is 0 Å². The van der Waals surface area contributed by atoms with Crippen molar-refractivity contribution in [2.45, 2.75) is 72.6 Å². The minimum absolute atomic E-state index is 1.31. The van der Waals surface area contributed by atoms with Crippen molar-refractivity contribution in [1.82, 2.24) is 15.4 Å². The van der Waals surface area contributed by atoms with Gasteiger partial charge in [0.2, 0.25) is 0 Å². The summed E-state index contributed by atoms with van der Waals surface area (Å²) in [6, 6.07) is 0. The third-order valence-electron chi connectivity index (χ3n) is 3.99. The zero-order valence-electron chi connectivity index (χ0n) is 12.3. The van der Waals surface area contributed by atoms with Gasteiger partial charge in [-0.2, -0.15) is 0 Å². The second-order valence-electron chi connectivity index (χ2n) is 5.45. The zero-order valence-corrected chi connectivity index (χ0v) is 15.2. The van der Waals surface area contributed by atoms with Crippen LogP contribution in [0.5, 0.6) is 0 Å². The fraction of sp³-hybridized carbons (Fsp3) is 0.857. The summed E-state index contributed by atoms with van der Waals surface area (Å²) in [7, 11) is 0. The van der Waals surface area contributed by atoms with Crippen molar-refractivity contribution in [2.75, 3.05) is 0 Å². The van der Waals surface area contributed by atoms with Crippen molar-refractivity contribution in [3.05, 3.63) is 6.20 Å². The molecule has 0 radical (unpaired) electrons. The quantitative estimate of drug-likeness (QED) is 0.646. The first-order chi connectivity index (χ1) is 8.79. The fourth-order valence-corrected chi connectivity index (χ4v) is 17.7. The Bertz CT molecular complexity index is 276. The summed E-state index contributed by atoms with van der Waals surface area (Å²) in [5, 5.41) is 11.5. The van der Waals surface area contributed by atoms with Gasteiger partial charge in [-0.05, 0) is 0 Å². The second kappa shape index (κ2) is 8.94. The van der Waals surface area contributed by atoms with E-state index in [0.29, 0.717) is 0 Å². The normalized spacial score (nSPS) is 11.9. The van der Waals surface area contributed by atoms with Crippen molar-refractivity contribution in [3.8, 4) is 0 Å². The number of H-pyrrole nitrogens is 1. The van der Waals surface area contributed by atoms with Crippen LogP contribution in [-0.4, -0.2) is 33.8 Å². The molecule has 18 heavy (non-hydrogen) atoms. The van der Waals surface area contributed by atoms with E-state index >= 15 is 0 Å². The van der Waals surface area contributed by atoms with Crippen molar-refractivity contribution >= 4 is 22.1 Å². The van der Waals surface area contributed by atoms with Crippen LogP contribution in [0.25, 0.3) is 0 Å². The van der Waals surface area contributed by atoms with Crippen LogP contribution in [0.4, 0.5) is 0 Å². The van der Waals surface area contributed by atoms with Gasteiger partial charge in [0, 0.05) is 0 Å². The van der Waals surface area contributed by atoms with E-state index in [1.807, 2.05) is 6.20 Å². The molecule has 0 amide bonds. The molecule has 4 heteroatoms. The average molecular weight is 358 g/mol. The summed E-state index contributed by atoms with van der Waals surface area (Å²) in [5.41, 5.74) is 0. The predicted octanol–water partition coefficient (Wildman–Crippen LogP) is 3.86. The molecule has 0 saturated carbocycles. The molecule has 104 valence electrons. The number of hydrogen-bond acceptors (Lipinski definition) is 2. The summed E-state index contributed by atoms with van der Waals surface area (Å²) in [6.45, 7) is 6.91. The molecule has 1 heterocycles. The number of hydrogen-bond donors (Lipinski definition) is 1. The molecule has 1 aromatic heterocycles. The van der Waals surface area contributed by atoms with Crippen LogP contribution in [0.15, 0.2) is 6.20 Å². The second-order valence-corrected chi connectivity index (χ2v) is 18.5. The Kier molecular flexibility index (Phi) is 7.94. The molecule has 1 aromatic rings. The molecular formula is C14H29N3Sn. The molecule has 0 spiro atoms. The first kappa shape index (κ1) is 16.0. The number of aromatic amines is 1. The van der Waals surface area contributed by atoms with Crippen LogP contribution in [-0.2, 0) is 0 Å². The molecule has 0 aromatic carbocycles. The third-order valence-corrected chi connectivity index (χ3v) is 19.0. The van der Waals surface area contributed by atoms with Gasteiger partial charge in [0.05, 0.1) is 0 Å². The Labute approximate surface area is 116 Å². The van der Waals surface area contributed by atoms with E-state index in [1.165, 1.54) is 55.5 Å². The SMILES string of the molecule is CCC[CH2][Sn]([CH2]CCC)([CH2]CCC)[c]1cn[nH]n1.